The second kappa shape index (κ2) is 5.72. The lowest BCUT2D eigenvalue weighted by Gasteiger charge is -2.09. The number of aliphatic hydroxyl groups excluding tert-OH is 1. The molecule has 0 unspecified atom stereocenters. The van der Waals surface area contributed by atoms with E-state index in [2.05, 4.69) is 0 Å². The summed E-state index contributed by atoms with van der Waals surface area (Å²) in [5.41, 5.74) is -0.184. The molecular formula is C18H18O5S. The smallest absolute Gasteiger partial charge is 0.314 e. The maximum absolute atomic E-state index is 13.0. The van der Waals surface area contributed by atoms with E-state index in [1.54, 1.807) is 42.5 Å². The zero-order chi connectivity index (χ0) is 17.5. The van der Waals surface area contributed by atoms with Crippen molar-refractivity contribution in [2.24, 2.45) is 5.41 Å². The van der Waals surface area contributed by atoms with Gasteiger partial charge in [0.05, 0.1) is 16.8 Å². The number of aryl methyl sites for hydroxylation is 1. The fourth-order valence-corrected chi connectivity index (χ4v) is 5.74. The Balaban J connectivity index is 2.11. The first kappa shape index (κ1) is 16.7. The van der Waals surface area contributed by atoms with Gasteiger partial charge in [0.25, 0.3) is 0 Å². The van der Waals surface area contributed by atoms with E-state index >= 15 is 0 Å². The molecule has 0 spiro atoms. The van der Waals surface area contributed by atoms with E-state index in [9.17, 15) is 23.4 Å². The average molecular weight is 346 g/mol. The van der Waals surface area contributed by atoms with Crippen LogP contribution in [0, 0.1) is 12.3 Å². The van der Waals surface area contributed by atoms with E-state index < -0.39 is 39.0 Å². The molecular weight excluding hydrogens is 328 g/mol. The number of benzene rings is 2. The highest BCUT2D eigenvalue weighted by Crippen LogP contribution is 2.63. The molecule has 2 N–H and O–H groups in total. The molecule has 126 valence electrons. The zero-order valence-electron chi connectivity index (χ0n) is 13.1. The van der Waals surface area contributed by atoms with Crippen LogP contribution in [0.3, 0.4) is 0 Å². The molecule has 0 aromatic heterocycles. The number of hydrogen-bond donors (Lipinski definition) is 2. The van der Waals surface area contributed by atoms with Gasteiger partial charge >= 0.3 is 5.97 Å². The highest BCUT2D eigenvalue weighted by Gasteiger charge is 2.75. The topological polar surface area (TPSA) is 91.7 Å². The first-order valence-corrected chi connectivity index (χ1v) is 9.10. The number of carbonyl (C=O) groups is 1. The first-order chi connectivity index (χ1) is 11.4. The molecule has 1 aliphatic carbocycles. The molecule has 0 heterocycles. The summed E-state index contributed by atoms with van der Waals surface area (Å²) in [4.78, 5) is 11.9. The minimum Gasteiger partial charge on any atom is -0.481 e. The molecule has 1 fully saturated rings. The molecule has 1 aliphatic rings. The van der Waals surface area contributed by atoms with Crippen LogP contribution in [-0.4, -0.2) is 36.5 Å². The van der Waals surface area contributed by atoms with E-state index in [-0.39, 0.29) is 4.90 Å². The molecule has 0 saturated heterocycles. The van der Waals surface area contributed by atoms with Gasteiger partial charge in [-0.25, -0.2) is 8.42 Å². The Hall–Kier alpha value is -2.18. The quantitative estimate of drug-likeness (QED) is 0.864. The standard InChI is InChI=1S/C18H18O5S/c1-12-7-9-14(10-8-12)24(22,23)16-15(13-5-3-2-4-6-13)18(16,11-19)17(20)21/h2-10,15-16,19H,11H2,1H3,(H,20,21)/t15-,16+,18+/m0/s1. The average Bonchev–Trinajstić information content (AvgIpc) is 3.28. The van der Waals surface area contributed by atoms with E-state index in [0.29, 0.717) is 5.56 Å². The Kier molecular flexibility index (Phi) is 3.97. The van der Waals surface area contributed by atoms with Gasteiger partial charge in [-0.3, -0.25) is 4.79 Å². The third-order valence-electron chi connectivity index (χ3n) is 4.76. The fourth-order valence-electron chi connectivity index (χ4n) is 3.38. The molecule has 24 heavy (non-hydrogen) atoms. The molecule has 1 saturated carbocycles. The van der Waals surface area contributed by atoms with Crippen LogP contribution in [0.15, 0.2) is 59.5 Å². The molecule has 0 radical (unpaired) electrons. The Morgan fingerprint density at radius 2 is 1.67 bits per heavy atom. The lowest BCUT2D eigenvalue weighted by molar-refractivity contribution is -0.145. The summed E-state index contributed by atoms with van der Waals surface area (Å²) in [5.74, 6) is -2.06. The largest absolute Gasteiger partial charge is 0.481 e. The maximum Gasteiger partial charge on any atom is 0.314 e. The van der Waals surface area contributed by atoms with Crippen LogP contribution in [0.4, 0.5) is 0 Å². The summed E-state index contributed by atoms with van der Waals surface area (Å²) in [6.07, 6.45) is 0. The van der Waals surface area contributed by atoms with Crippen molar-refractivity contribution in [3.63, 3.8) is 0 Å². The van der Waals surface area contributed by atoms with Gasteiger partial charge in [-0.1, -0.05) is 48.0 Å². The second-order valence-corrected chi connectivity index (χ2v) is 8.24. The Labute approximate surface area is 140 Å². The summed E-state index contributed by atoms with van der Waals surface area (Å²) in [7, 11) is -3.89. The van der Waals surface area contributed by atoms with Crippen molar-refractivity contribution in [3.8, 4) is 0 Å². The highest BCUT2D eigenvalue weighted by molar-refractivity contribution is 7.92. The zero-order valence-corrected chi connectivity index (χ0v) is 13.9. The normalized spacial score (nSPS) is 26.1. The van der Waals surface area contributed by atoms with E-state index in [0.717, 1.165) is 5.56 Å². The van der Waals surface area contributed by atoms with Crippen molar-refractivity contribution in [3.05, 3.63) is 65.7 Å². The van der Waals surface area contributed by atoms with E-state index in [1.165, 1.54) is 12.1 Å². The SMILES string of the molecule is Cc1ccc(S(=O)(=O)[C@@H]2[C@H](c3ccccc3)[C@@]2(CO)C(=O)O)cc1. The first-order valence-electron chi connectivity index (χ1n) is 7.55. The third kappa shape index (κ3) is 2.34. The number of hydrogen-bond acceptors (Lipinski definition) is 4. The summed E-state index contributed by atoms with van der Waals surface area (Å²) < 4.78 is 26.0. The van der Waals surface area contributed by atoms with Gasteiger partial charge in [-0.2, -0.15) is 0 Å². The number of rotatable bonds is 5. The Morgan fingerprint density at radius 1 is 1.08 bits per heavy atom. The Morgan fingerprint density at radius 3 is 2.17 bits per heavy atom. The van der Waals surface area contributed by atoms with Gasteiger partial charge in [0.15, 0.2) is 9.84 Å². The van der Waals surface area contributed by atoms with E-state index in [1.807, 2.05) is 6.92 Å². The minimum atomic E-state index is -3.89. The van der Waals surface area contributed by atoms with Gasteiger partial charge in [-0.05, 0) is 24.6 Å². The van der Waals surface area contributed by atoms with Crippen molar-refractivity contribution < 1.29 is 23.4 Å². The van der Waals surface area contributed by atoms with Gasteiger partial charge < -0.3 is 10.2 Å². The summed E-state index contributed by atoms with van der Waals surface area (Å²) in [6, 6.07) is 14.9. The Bertz CT molecular complexity index is 858. The van der Waals surface area contributed by atoms with Gasteiger partial charge in [0.2, 0.25) is 0 Å². The highest BCUT2D eigenvalue weighted by atomic mass is 32.2. The third-order valence-corrected chi connectivity index (χ3v) is 7.05. The molecule has 5 nitrogen and oxygen atoms in total. The van der Waals surface area contributed by atoms with Crippen molar-refractivity contribution >= 4 is 15.8 Å². The van der Waals surface area contributed by atoms with Crippen LogP contribution in [-0.2, 0) is 14.6 Å². The van der Waals surface area contributed by atoms with Crippen molar-refractivity contribution in [1.82, 2.24) is 0 Å². The van der Waals surface area contributed by atoms with Crippen LogP contribution in [0.25, 0.3) is 0 Å². The molecule has 0 amide bonds. The van der Waals surface area contributed by atoms with Crippen LogP contribution >= 0.6 is 0 Å². The lowest BCUT2D eigenvalue weighted by Crippen LogP contribution is -2.27. The number of aliphatic carboxylic acids is 1. The number of carboxylic acids is 1. The van der Waals surface area contributed by atoms with Gasteiger partial charge in [0, 0.05) is 5.92 Å². The molecule has 2 aromatic rings. The fraction of sp³-hybridized carbons (Fsp3) is 0.278. The molecule has 2 aromatic carbocycles. The number of carboxylic acid groups (broad SMARTS) is 1. The monoisotopic (exact) mass is 346 g/mol. The predicted octanol–water partition coefficient (Wildman–Crippen LogP) is 2.00. The molecule has 0 bridgehead atoms. The van der Waals surface area contributed by atoms with Gasteiger partial charge in [-0.15, -0.1) is 0 Å². The van der Waals surface area contributed by atoms with E-state index in [4.69, 9.17) is 0 Å². The minimum absolute atomic E-state index is 0.0793. The summed E-state index contributed by atoms with van der Waals surface area (Å²) in [6.45, 7) is 1.12. The van der Waals surface area contributed by atoms with Crippen molar-refractivity contribution in [1.29, 1.82) is 0 Å². The van der Waals surface area contributed by atoms with Crippen LogP contribution in [0.1, 0.15) is 17.0 Å². The summed E-state index contributed by atoms with van der Waals surface area (Å²) in [5, 5.41) is 18.2. The number of aliphatic hydroxyl groups is 1. The van der Waals surface area contributed by atoms with Crippen LogP contribution < -0.4 is 0 Å². The second-order valence-electron chi connectivity index (χ2n) is 6.17. The number of sulfone groups is 1. The lowest BCUT2D eigenvalue weighted by atomic mass is 10.0. The van der Waals surface area contributed by atoms with Crippen molar-refractivity contribution in [2.45, 2.75) is 23.0 Å². The summed E-state index contributed by atoms with van der Waals surface area (Å²) >= 11 is 0. The van der Waals surface area contributed by atoms with Crippen molar-refractivity contribution in [2.75, 3.05) is 6.61 Å². The predicted molar refractivity (Wildman–Crippen MR) is 88.5 cm³/mol. The molecule has 0 aliphatic heterocycles. The van der Waals surface area contributed by atoms with Crippen LogP contribution in [0.2, 0.25) is 0 Å². The van der Waals surface area contributed by atoms with Gasteiger partial charge in [0.1, 0.15) is 5.41 Å². The maximum atomic E-state index is 13.0. The molecule has 6 heteroatoms. The van der Waals surface area contributed by atoms with Crippen LogP contribution in [0.5, 0.6) is 0 Å². The molecule has 3 atom stereocenters. The molecule has 3 rings (SSSR count).